The predicted octanol–water partition coefficient (Wildman–Crippen LogP) is -0.709. The zero-order valence-corrected chi connectivity index (χ0v) is 6.60. The minimum absolute atomic E-state index is 0.0301. The van der Waals surface area contributed by atoms with Gasteiger partial charge in [-0.15, -0.1) is 5.10 Å². The van der Waals surface area contributed by atoms with E-state index in [4.69, 9.17) is 5.11 Å². The molecule has 0 amide bonds. The molecule has 0 radical (unpaired) electrons. The third kappa shape index (κ3) is 2.31. The summed E-state index contributed by atoms with van der Waals surface area (Å²) in [7, 11) is 0. The van der Waals surface area contributed by atoms with Gasteiger partial charge in [0.15, 0.2) is 6.73 Å². The van der Waals surface area contributed by atoms with Crippen LogP contribution in [0.3, 0.4) is 0 Å². The molecule has 1 heterocycles. The Morgan fingerprint density at radius 2 is 2.58 bits per heavy atom. The molecule has 1 rings (SSSR count). The second-order valence-corrected chi connectivity index (χ2v) is 2.17. The molecule has 0 fully saturated rings. The maximum atomic E-state index is 10.4. The second-order valence-electron chi connectivity index (χ2n) is 2.17. The topological polar surface area (TPSA) is 77.2 Å². The number of hydrogen-bond donors (Lipinski definition) is 1. The minimum Gasteiger partial charge on any atom is -0.442 e. The first-order valence-electron chi connectivity index (χ1n) is 3.35. The molecule has 66 valence electrons. The summed E-state index contributed by atoms with van der Waals surface area (Å²) >= 11 is 0. The van der Waals surface area contributed by atoms with Gasteiger partial charge in [-0.3, -0.25) is 4.79 Å². The number of rotatable bonds is 3. The van der Waals surface area contributed by atoms with Crippen molar-refractivity contribution in [1.29, 1.82) is 0 Å². The van der Waals surface area contributed by atoms with Gasteiger partial charge in [0, 0.05) is 6.92 Å². The lowest BCUT2D eigenvalue weighted by Crippen LogP contribution is -2.06. The molecule has 0 spiro atoms. The van der Waals surface area contributed by atoms with Gasteiger partial charge in [0.25, 0.3) is 0 Å². The minimum atomic E-state index is -0.379. The molecule has 0 aliphatic rings. The number of hydrogen-bond acceptors (Lipinski definition) is 5. The molecule has 0 bridgehead atoms. The molecule has 0 atom stereocenters. The van der Waals surface area contributed by atoms with Crippen molar-refractivity contribution in [3.63, 3.8) is 0 Å². The van der Waals surface area contributed by atoms with Gasteiger partial charge in [-0.25, -0.2) is 4.68 Å². The lowest BCUT2D eigenvalue weighted by Gasteiger charge is -1.98. The van der Waals surface area contributed by atoms with Gasteiger partial charge < -0.3 is 9.84 Å². The molecule has 12 heavy (non-hydrogen) atoms. The molecule has 6 heteroatoms. The molecule has 0 aromatic carbocycles. The number of aliphatic hydroxyl groups excluding tert-OH is 1. The number of carbonyl (C=O) groups excluding carboxylic acids is 1. The standard InChI is InChI=1S/C6H9N3O3/c1-5(11)12-4-9-2-6(3-10)7-8-9/h2,10H,3-4H2,1H3. The largest absolute Gasteiger partial charge is 0.442 e. The summed E-state index contributed by atoms with van der Waals surface area (Å²) in [5.74, 6) is -0.379. The summed E-state index contributed by atoms with van der Waals surface area (Å²) in [6, 6.07) is 0. The van der Waals surface area contributed by atoms with E-state index in [1.165, 1.54) is 17.8 Å². The van der Waals surface area contributed by atoms with E-state index in [0.717, 1.165) is 0 Å². The molecule has 1 aromatic rings. The average Bonchev–Trinajstić information content (AvgIpc) is 2.48. The summed E-state index contributed by atoms with van der Waals surface area (Å²) in [5, 5.41) is 15.8. The van der Waals surface area contributed by atoms with E-state index >= 15 is 0 Å². The van der Waals surface area contributed by atoms with Crippen molar-refractivity contribution in [2.24, 2.45) is 0 Å². The fourth-order valence-corrected chi connectivity index (χ4v) is 0.631. The summed E-state index contributed by atoms with van der Waals surface area (Å²) < 4.78 is 5.95. The van der Waals surface area contributed by atoms with Crippen LogP contribution in [0.15, 0.2) is 6.20 Å². The van der Waals surface area contributed by atoms with Crippen LogP contribution in [0, 0.1) is 0 Å². The van der Waals surface area contributed by atoms with Crippen molar-refractivity contribution >= 4 is 5.97 Å². The van der Waals surface area contributed by atoms with Crippen molar-refractivity contribution in [3.05, 3.63) is 11.9 Å². The van der Waals surface area contributed by atoms with Crippen LogP contribution in [0.1, 0.15) is 12.6 Å². The number of nitrogens with zero attached hydrogens (tertiary/aromatic N) is 3. The highest BCUT2D eigenvalue weighted by atomic mass is 16.5. The summed E-state index contributed by atoms with van der Waals surface area (Å²) in [6.07, 6.45) is 1.50. The maximum absolute atomic E-state index is 10.4. The average molecular weight is 171 g/mol. The monoisotopic (exact) mass is 171 g/mol. The van der Waals surface area contributed by atoms with Crippen LogP contribution in [-0.2, 0) is 22.9 Å². The van der Waals surface area contributed by atoms with E-state index in [9.17, 15) is 4.79 Å². The fraction of sp³-hybridized carbons (Fsp3) is 0.500. The Bertz CT molecular complexity index is 271. The second kappa shape index (κ2) is 3.82. The molecular formula is C6H9N3O3. The van der Waals surface area contributed by atoms with Gasteiger partial charge in [-0.2, -0.15) is 0 Å². The first kappa shape index (κ1) is 8.66. The van der Waals surface area contributed by atoms with Crippen molar-refractivity contribution in [2.45, 2.75) is 20.3 Å². The fourth-order valence-electron chi connectivity index (χ4n) is 0.631. The van der Waals surface area contributed by atoms with Crippen molar-refractivity contribution < 1.29 is 14.6 Å². The number of carbonyl (C=O) groups is 1. The van der Waals surface area contributed by atoms with Gasteiger partial charge in [0.1, 0.15) is 5.69 Å². The van der Waals surface area contributed by atoms with Gasteiger partial charge in [-0.1, -0.05) is 5.21 Å². The molecule has 0 unspecified atom stereocenters. The van der Waals surface area contributed by atoms with Crippen molar-refractivity contribution in [2.75, 3.05) is 0 Å². The molecule has 6 nitrogen and oxygen atoms in total. The maximum Gasteiger partial charge on any atom is 0.304 e. The van der Waals surface area contributed by atoms with Crippen molar-refractivity contribution in [1.82, 2.24) is 15.0 Å². The van der Waals surface area contributed by atoms with Gasteiger partial charge >= 0.3 is 5.97 Å². The summed E-state index contributed by atoms with van der Waals surface area (Å²) in [5.41, 5.74) is 0.446. The highest BCUT2D eigenvalue weighted by Crippen LogP contribution is 1.92. The zero-order valence-electron chi connectivity index (χ0n) is 6.60. The number of esters is 1. The van der Waals surface area contributed by atoms with Crippen LogP contribution in [-0.4, -0.2) is 26.1 Å². The van der Waals surface area contributed by atoms with Crippen molar-refractivity contribution in [3.8, 4) is 0 Å². The Morgan fingerprint density at radius 1 is 1.83 bits per heavy atom. The number of aliphatic hydroxyl groups is 1. The lowest BCUT2D eigenvalue weighted by molar-refractivity contribution is -0.145. The van der Waals surface area contributed by atoms with Crippen LogP contribution in [0.4, 0.5) is 0 Å². The Hall–Kier alpha value is -1.43. The van der Waals surface area contributed by atoms with Gasteiger partial charge in [-0.05, 0) is 0 Å². The zero-order chi connectivity index (χ0) is 8.97. The van der Waals surface area contributed by atoms with E-state index in [1.54, 1.807) is 0 Å². The first-order valence-corrected chi connectivity index (χ1v) is 3.35. The Labute approximate surface area is 68.8 Å². The number of ether oxygens (including phenoxy) is 1. The third-order valence-electron chi connectivity index (χ3n) is 1.15. The van der Waals surface area contributed by atoms with Gasteiger partial charge in [0.05, 0.1) is 12.8 Å². The molecule has 0 saturated carbocycles. The molecule has 0 aliphatic heterocycles. The van der Waals surface area contributed by atoms with E-state index in [0.29, 0.717) is 5.69 Å². The first-order chi connectivity index (χ1) is 5.72. The molecular weight excluding hydrogens is 162 g/mol. The van der Waals surface area contributed by atoms with E-state index < -0.39 is 0 Å². The molecule has 1 aromatic heterocycles. The highest BCUT2D eigenvalue weighted by Gasteiger charge is 1.99. The summed E-state index contributed by atoms with van der Waals surface area (Å²) in [6.45, 7) is 1.17. The Balaban J connectivity index is 2.47. The number of aromatic nitrogens is 3. The van der Waals surface area contributed by atoms with Crippen LogP contribution >= 0.6 is 0 Å². The van der Waals surface area contributed by atoms with Crippen LogP contribution in [0.5, 0.6) is 0 Å². The van der Waals surface area contributed by atoms with E-state index in [-0.39, 0.29) is 19.3 Å². The molecule has 0 aliphatic carbocycles. The van der Waals surface area contributed by atoms with E-state index in [1.807, 2.05) is 0 Å². The third-order valence-corrected chi connectivity index (χ3v) is 1.15. The Kier molecular flexibility index (Phi) is 2.76. The smallest absolute Gasteiger partial charge is 0.304 e. The Morgan fingerprint density at radius 3 is 3.08 bits per heavy atom. The quantitative estimate of drug-likeness (QED) is 0.608. The predicted molar refractivity (Wildman–Crippen MR) is 37.7 cm³/mol. The van der Waals surface area contributed by atoms with E-state index in [2.05, 4.69) is 15.0 Å². The normalized spacial score (nSPS) is 9.83. The van der Waals surface area contributed by atoms with Gasteiger partial charge in [0.2, 0.25) is 0 Å². The van der Waals surface area contributed by atoms with Crippen LogP contribution in [0.2, 0.25) is 0 Å². The van der Waals surface area contributed by atoms with Crippen LogP contribution in [0.25, 0.3) is 0 Å². The molecule has 0 saturated heterocycles. The molecule has 1 N–H and O–H groups in total. The summed E-state index contributed by atoms with van der Waals surface area (Å²) in [4.78, 5) is 10.4. The lowest BCUT2D eigenvalue weighted by atomic mass is 10.5. The van der Waals surface area contributed by atoms with Crippen LogP contribution < -0.4 is 0 Å². The SMILES string of the molecule is CC(=O)OCn1cc(CO)nn1. The highest BCUT2D eigenvalue weighted by molar-refractivity contribution is 5.65.